The molecule has 0 amide bonds. The van der Waals surface area contributed by atoms with Crippen LogP contribution in [0.25, 0.3) is 0 Å². The van der Waals surface area contributed by atoms with Gasteiger partial charge in [-0.25, -0.2) is 9.97 Å². The summed E-state index contributed by atoms with van der Waals surface area (Å²) < 4.78 is 25.5. The molecule has 0 radical (unpaired) electrons. The van der Waals surface area contributed by atoms with Crippen molar-refractivity contribution in [2.75, 3.05) is 0 Å². The molecule has 2 heterocycles. The van der Waals surface area contributed by atoms with Crippen LogP contribution in [-0.2, 0) is 0 Å². The summed E-state index contributed by atoms with van der Waals surface area (Å²) in [6.07, 6.45) is 17.2. The summed E-state index contributed by atoms with van der Waals surface area (Å²) in [6.45, 7) is 0. The maximum Gasteiger partial charge on any atom is 0.212 e. The molecule has 6 unspecified atom stereocenters. The van der Waals surface area contributed by atoms with Gasteiger partial charge in [-0.1, -0.05) is 37.8 Å². The van der Waals surface area contributed by atoms with Gasteiger partial charge in [0, 0.05) is 12.4 Å². The molecule has 4 fully saturated rings. The Morgan fingerprint density at radius 2 is 1.07 bits per heavy atom. The average molecular weight is 409 g/mol. The van der Waals surface area contributed by atoms with Gasteiger partial charge in [-0.05, 0) is 97.3 Å². The highest BCUT2D eigenvalue weighted by atomic mass is 18.2. The van der Waals surface area contributed by atoms with Crippen molar-refractivity contribution in [3.05, 3.63) is 59.7 Å². The molecule has 0 aliphatic heterocycles. The molecule has 4 heteroatoms. The number of rotatable bonds is 2. The third kappa shape index (κ3) is 4.29. The van der Waals surface area contributed by atoms with Crippen molar-refractivity contribution in [1.82, 2.24) is 9.97 Å². The lowest BCUT2D eigenvalue weighted by atomic mass is 9.85. The molecule has 0 aromatic carbocycles. The van der Waals surface area contributed by atoms with Crippen molar-refractivity contribution in [2.45, 2.75) is 76.0 Å². The minimum Gasteiger partial charge on any atom is -0.228 e. The van der Waals surface area contributed by atoms with E-state index in [1.807, 2.05) is 12.1 Å². The van der Waals surface area contributed by atoms with Gasteiger partial charge in [-0.2, -0.15) is 8.78 Å². The first-order valence-electron chi connectivity index (χ1n) is 11.9. The first kappa shape index (κ1) is 20.1. The highest BCUT2D eigenvalue weighted by Crippen LogP contribution is 2.51. The van der Waals surface area contributed by atoms with Crippen LogP contribution in [0, 0.1) is 35.6 Å². The number of fused-ring (bicyclic) bond motifs is 4. The van der Waals surface area contributed by atoms with Crippen molar-refractivity contribution in [2.24, 2.45) is 23.7 Å². The van der Waals surface area contributed by atoms with E-state index in [1.54, 1.807) is 12.4 Å². The van der Waals surface area contributed by atoms with Crippen molar-refractivity contribution >= 4 is 0 Å². The van der Waals surface area contributed by atoms with Crippen LogP contribution >= 0.6 is 0 Å². The summed E-state index contributed by atoms with van der Waals surface area (Å²) in [5, 5.41) is 0. The Labute approximate surface area is 178 Å². The Morgan fingerprint density at radius 1 is 0.600 bits per heavy atom. The van der Waals surface area contributed by atoms with E-state index < -0.39 is 0 Å². The molecule has 0 N–H and O–H groups in total. The molecule has 2 nitrogen and oxygen atoms in total. The number of pyridine rings is 2. The third-order valence-corrected chi connectivity index (χ3v) is 8.32. The minimum absolute atomic E-state index is 0.361. The zero-order valence-electron chi connectivity index (χ0n) is 17.6. The molecule has 4 saturated carbocycles. The lowest BCUT2D eigenvalue weighted by molar-refractivity contribution is 0.350. The quantitative estimate of drug-likeness (QED) is 0.499. The fourth-order valence-corrected chi connectivity index (χ4v) is 6.96. The van der Waals surface area contributed by atoms with Gasteiger partial charge in [-0.3, -0.25) is 0 Å². The van der Waals surface area contributed by atoms with Gasteiger partial charge in [0.15, 0.2) is 0 Å². The van der Waals surface area contributed by atoms with E-state index in [9.17, 15) is 8.78 Å². The Bertz CT molecular complexity index is 764. The van der Waals surface area contributed by atoms with Gasteiger partial charge in [0.25, 0.3) is 0 Å². The SMILES string of the molecule is [18F]c1ccc(C2CC3CCCC2C3)cn1.[18F]c1ccc(C2CC3CCCC2C3)cn1. The van der Waals surface area contributed by atoms with Crippen LogP contribution in [0.4, 0.5) is 8.78 Å². The maximum absolute atomic E-state index is 12.7. The number of hydrogen-bond donors (Lipinski definition) is 0. The summed E-state index contributed by atoms with van der Waals surface area (Å²) in [5.41, 5.74) is 2.51. The van der Waals surface area contributed by atoms with E-state index in [1.165, 1.54) is 87.5 Å². The fraction of sp³-hybridized carbons (Fsp3) is 0.615. The van der Waals surface area contributed by atoms with E-state index in [4.69, 9.17) is 0 Å². The van der Waals surface area contributed by atoms with E-state index in [0.29, 0.717) is 11.8 Å². The predicted molar refractivity (Wildman–Crippen MR) is 114 cm³/mol. The van der Waals surface area contributed by atoms with Crippen LogP contribution in [0.2, 0.25) is 0 Å². The van der Waals surface area contributed by atoms with Gasteiger partial charge in [0.2, 0.25) is 11.9 Å². The topological polar surface area (TPSA) is 25.8 Å². The zero-order chi connectivity index (χ0) is 20.5. The van der Waals surface area contributed by atoms with E-state index >= 15 is 0 Å². The van der Waals surface area contributed by atoms with Gasteiger partial charge in [-0.15, -0.1) is 0 Å². The monoisotopic (exact) mass is 408 g/mol. The smallest absolute Gasteiger partial charge is 0.212 e. The van der Waals surface area contributed by atoms with Crippen LogP contribution in [0.5, 0.6) is 0 Å². The van der Waals surface area contributed by atoms with Crippen LogP contribution < -0.4 is 0 Å². The molecule has 6 atom stereocenters. The van der Waals surface area contributed by atoms with E-state index in [2.05, 4.69) is 9.97 Å². The van der Waals surface area contributed by atoms with Crippen LogP contribution in [0.15, 0.2) is 36.7 Å². The Morgan fingerprint density at radius 3 is 1.43 bits per heavy atom. The molecule has 6 rings (SSSR count). The molecule has 4 bridgehead atoms. The van der Waals surface area contributed by atoms with Crippen molar-refractivity contribution in [3.8, 4) is 0 Å². The van der Waals surface area contributed by atoms with Gasteiger partial charge >= 0.3 is 0 Å². The number of halogens is 2. The molecule has 160 valence electrons. The van der Waals surface area contributed by atoms with Gasteiger partial charge in [0.05, 0.1) is 0 Å². The Kier molecular flexibility index (Phi) is 5.84. The molecule has 2 aromatic heterocycles. The Hall–Kier alpha value is -1.84. The fourth-order valence-electron chi connectivity index (χ4n) is 6.96. The van der Waals surface area contributed by atoms with Crippen molar-refractivity contribution in [3.63, 3.8) is 0 Å². The average Bonchev–Trinajstić information content (AvgIpc) is 3.23. The summed E-state index contributed by atoms with van der Waals surface area (Å²) in [5.74, 6) is 4.14. The normalized spacial score (nSPS) is 34.3. The van der Waals surface area contributed by atoms with Crippen LogP contribution in [0.3, 0.4) is 0 Å². The molecule has 30 heavy (non-hydrogen) atoms. The Balaban J connectivity index is 0.000000128. The summed E-state index contributed by atoms with van der Waals surface area (Å²) in [7, 11) is 0. The zero-order valence-corrected chi connectivity index (χ0v) is 17.6. The molecule has 4 aliphatic rings. The van der Waals surface area contributed by atoms with E-state index in [-0.39, 0.29) is 11.9 Å². The first-order valence-corrected chi connectivity index (χ1v) is 11.9. The highest BCUT2D eigenvalue weighted by molar-refractivity contribution is 5.20. The van der Waals surface area contributed by atoms with E-state index in [0.717, 1.165) is 23.7 Å². The van der Waals surface area contributed by atoms with Gasteiger partial charge in [0.1, 0.15) is 0 Å². The lowest BCUT2D eigenvalue weighted by Gasteiger charge is -2.20. The molecule has 4 aliphatic carbocycles. The largest absolute Gasteiger partial charge is 0.228 e. The molecule has 0 spiro atoms. The lowest BCUT2D eigenvalue weighted by Crippen LogP contribution is -2.08. The minimum atomic E-state index is -0.361. The standard InChI is InChI=1S/2C13H16FN/c2*14-13-5-4-11(8-15-13)12-7-9-2-1-3-10(12)6-9/h2*4-5,8-10,12H,1-3,6-7H2/i2*14-1. The molecule has 0 saturated heterocycles. The number of nitrogens with zero attached hydrogens (tertiary/aromatic N) is 2. The third-order valence-electron chi connectivity index (χ3n) is 8.32. The van der Waals surface area contributed by atoms with Gasteiger partial charge < -0.3 is 0 Å². The molecule has 2 aromatic rings. The maximum atomic E-state index is 12.7. The summed E-state index contributed by atoms with van der Waals surface area (Å²) in [4.78, 5) is 7.54. The number of aromatic nitrogens is 2. The second-order valence-corrected chi connectivity index (χ2v) is 10.1. The highest BCUT2D eigenvalue weighted by Gasteiger charge is 2.38. The number of hydrogen-bond acceptors (Lipinski definition) is 2. The second kappa shape index (κ2) is 8.72. The van der Waals surface area contributed by atoms with Crippen LogP contribution in [-0.4, -0.2) is 9.97 Å². The molecular weight excluding hydrogens is 376 g/mol. The predicted octanol–water partition coefficient (Wildman–Crippen LogP) is 7.03. The van der Waals surface area contributed by atoms with Crippen molar-refractivity contribution < 1.29 is 8.78 Å². The first-order chi connectivity index (χ1) is 14.7. The second-order valence-electron chi connectivity index (χ2n) is 10.1. The summed E-state index contributed by atoms with van der Waals surface area (Å²) in [6, 6.07) is 6.84. The summed E-state index contributed by atoms with van der Waals surface area (Å²) >= 11 is 0. The van der Waals surface area contributed by atoms with Crippen molar-refractivity contribution in [1.29, 1.82) is 0 Å². The molecular formula is C26H32F2N2. The van der Waals surface area contributed by atoms with Crippen LogP contribution in [0.1, 0.15) is 87.2 Å².